The van der Waals surface area contributed by atoms with Crippen molar-refractivity contribution < 1.29 is 9.53 Å². The second kappa shape index (κ2) is 3.34. The molecule has 1 heterocycles. The van der Waals surface area contributed by atoms with Gasteiger partial charge in [-0.2, -0.15) is 0 Å². The standard InChI is InChI=1S/C14H18O2/c1-8-6-13-12(7-11(8)9(2)15)14(4,5)10(3)16-13/h6-7,10H,1-5H3. The van der Waals surface area contributed by atoms with E-state index in [1.165, 1.54) is 0 Å². The molecule has 0 spiro atoms. The summed E-state index contributed by atoms with van der Waals surface area (Å²) < 4.78 is 5.83. The fourth-order valence-corrected chi connectivity index (χ4v) is 2.22. The van der Waals surface area contributed by atoms with Crippen LogP contribution in [0.25, 0.3) is 0 Å². The van der Waals surface area contributed by atoms with Crippen LogP contribution in [0.4, 0.5) is 0 Å². The van der Waals surface area contributed by atoms with Gasteiger partial charge in [0.05, 0.1) is 0 Å². The van der Waals surface area contributed by atoms with E-state index in [2.05, 4.69) is 20.8 Å². The fourth-order valence-electron chi connectivity index (χ4n) is 2.22. The summed E-state index contributed by atoms with van der Waals surface area (Å²) in [5.41, 5.74) is 2.93. The summed E-state index contributed by atoms with van der Waals surface area (Å²) in [5.74, 6) is 1.05. The van der Waals surface area contributed by atoms with Crippen LogP contribution in [0, 0.1) is 6.92 Å². The average Bonchev–Trinajstić information content (AvgIpc) is 2.36. The van der Waals surface area contributed by atoms with Crippen molar-refractivity contribution >= 4 is 5.78 Å². The van der Waals surface area contributed by atoms with Crippen LogP contribution in [0.1, 0.15) is 49.2 Å². The lowest BCUT2D eigenvalue weighted by atomic mass is 9.80. The molecule has 1 aromatic rings. The predicted molar refractivity (Wildman–Crippen MR) is 64.3 cm³/mol. The molecule has 0 bridgehead atoms. The smallest absolute Gasteiger partial charge is 0.160 e. The highest BCUT2D eigenvalue weighted by Gasteiger charge is 2.39. The summed E-state index contributed by atoms with van der Waals surface area (Å²) in [4.78, 5) is 11.5. The monoisotopic (exact) mass is 218 g/mol. The largest absolute Gasteiger partial charge is 0.489 e. The maximum Gasteiger partial charge on any atom is 0.160 e. The van der Waals surface area contributed by atoms with E-state index >= 15 is 0 Å². The third kappa shape index (κ3) is 1.44. The van der Waals surface area contributed by atoms with E-state index in [1.54, 1.807) is 6.92 Å². The van der Waals surface area contributed by atoms with Gasteiger partial charge >= 0.3 is 0 Å². The topological polar surface area (TPSA) is 26.3 Å². The van der Waals surface area contributed by atoms with Crippen LogP contribution in [0.2, 0.25) is 0 Å². The first-order chi connectivity index (χ1) is 7.34. The molecule has 2 nitrogen and oxygen atoms in total. The molecule has 0 fully saturated rings. The zero-order valence-corrected chi connectivity index (χ0v) is 10.5. The molecule has 0 radical (unpaired) electrons. The third-order valence-electron chi connectivity index (χ3n) is 3.72. The van der Waals surface area contributed by atoms with Crippen molar-refractivity contribution in [2.45, 2.75) is 46.1 Å². The molecule has 1 atom stereocenters. The van der Waals surface area contributed by atoms with E-state index in [0.717, 1.165) is 22.4 Å². The molecule has 2 heteroatoms. The SMILES string of the molecule is CC(=O)c1cc2c(cc1C)OC(C)C2(C)C. The molecule has 16 heavy (non-hydrogen) atoms. The fraction of sp³-hybridized carbons (Fsp3) is 0.500. The number of Topliss-reactive ketones (excluding diaryl/α,β-unsaturated/α-hetero) is 1. The van der Waals surface area contributed by atoms with Gasteiger partial charge in [-0.15, -0.1) is 0 Å². The minimum Gasteiger partial charge on any atom is -0.489 e. The lowest BCUT2D eigenvalue weighted by Crippen LogP contribution is -2.28. The Hall–Kier alpha value is -1.31. The molecule has 0 saturated carbocycles. The van der Waals surface area contributed by atoms with Crippen molar-refractivity contribution in [2.24, 2.45) is 0 Å². The molecule has 0 saturated heterocycles. The second-order valence-electron chi connectivity index (χ2n) is 5.20. The van der Waals surface area contributed by atoms with Crippen molar-refractivity contribution in [1.82, 2.24) is 0 Å². The highest BCUT2D eigenvalue weighted by atomic mass is 16.5. The van der Waals surface area contributed by atoms with Gasteiger partial charge in [0.1, 0.15) is 11.9 Å². The Morgan fingerprint density at radius 2 is 2.00 bits per heavy atom. The molecule has 86 valence electrons. The number of ketones is 1. The van der Waals surface area contributed by atoms with Gasteiger partial charge in [-0.25, -0.2) is 0 Å². The quantitative estimate of drug-likeness (QED) is 0.676. The summed E-state index contributed by atoms with van der Waals surface area (Å²) in [6.45, 7) is 9.95. The summed E-state index contributed by atoms with van der Waals surface area (Å²) in [6.07, 6.45) is 0.157. The first kappa shape index (κ1) is 11.2. The van der Waals surface area contributed by atoms with Crippen molar-refractivity contribution in [3.05, 3.63) is 28.8 Å². The molecular formula is C14H18O2. The Morgan fingerprint density at radius 3 is 2.56 bits per heavy atom. The van der Waals surface area contributed by atoms with Crippen LogP contribution in [0.15, 0.2) is 12.1 Å². The van der Waals surface area contributed by atoms with Crippen molar-refractivity contribution in [1.29, 1.82) is 0 Å². The van der Waals surface area contributed by atoms with Crippen LogP contribution < -0.4 is 4.74 Å². The first-order valence-electron chi connectivity index (χ1n) is 5.66. The van der Waals surface area contributed by atoms with Crippen LogP contribution in [0.3, 0.4) is 0 Å². The Bertz CT molecular complexity index is 458. The first-order valence-corrected chi connectivity index (χ1v) is 5.66. The van der Waals surface area contributed by atoms with Crippen LogP contribution in [0.5, 0.6) is 5.75 Å². The van der Waals surface area contributed by atoms with Gasteiger partial charge in [0, 0.05) is 16.5 Å². The molecule has 1 aliphatic heterocycles. The number of fused-ring (bicyclic) bond motifs is 1. The van der Waals surface area contributed by atoms with Crippen molar-refractivity contribution in [3.8, 4) is 5.75 Å². The normalized spacial score (nSPS) is 21.4. The van der Waals surface area contributed by atoms with E-state index in [1.807, 2.05) is 19.1 Å². The van der Waals surface area contributed by atoms with Gasteiger partial charge in [-0.05, 0) is 38.5 Å². The Balaban J connectivity index is 2.63. The van der Waals surface area contributed by atoms with E-state index in [0.29, 0.717) is 0 Å². The number of hydrogen-bond donors (Lipinski definition) is 0. The molecule has 1 unspecified atom stereocenters. The highest BCUT2D eigenvalue weighted by Crippen LogP contribution is 2.43. The summed E-state index contributed by atoms with van der Waals surface area (Å²) >= 11 is 0. The van der Waals surface area contributed by atoms with E-state index < -0.39 is 0 Å². The number of benzene rings is 1. The van der Waals surface area contributed by atoms with Gasteiger partial charge in [0.25, 0.3) is 0 Å². The molecule has 1 aromatic carbocycles. The Kier molecular flexibility index (Phi) is 2.33. The zero-order valence-electron chi connectivity index (χ0n) is 10.5. The maximum atomic E-state index is 11.5. The van der Waals surface area contributed by atoms with Crippen molar-refractivity contribution in [2.75, 3.05) is 0 Å². The molecule has 0 N–H and O–H groups in total. The van der Waals surface area contributed by atoms with E-state index in [-0.39, 0.29) is 17.3 Å². The molecule has 0 amide bonds. The maximum absolute atomic E-state index is 11.5. The van der Waals surface area contributed by atoms with Gasteiger partial charge in [-0.1, -0.05) is 13.8 Å². The predicted octanol–water partition coefficient (Wildman–Crippen LogP) is 3.26. The second-order valence-corrected chi connectivity index (χ2v) is 5.20. The molecule has 1 aliphatic rings. The van der Waals surface area contributed by atoms with Gasteiger partial charge < -0.3 is 4.74 Å². The van der Waals surface area contributed by atoms with Crippen LogP contribution in [-0.4, -0.2) is 11.9 Å². The lowest BCUT2D eigenvalue weighted by Gasteiger charge is -2.22. The number of ether oxygens (including phenoxy) is 1. The highest BCUT2D eigenvalue weighted by molar-refractivity contribution is 5.96. The van der Waals surface area contributed by atoms with E-state index in [9.17, 15) is 4.79 Å². The molecular weight excluding hydrogens is 200 g/mol. The molecule has 0 aromatic heterocycles. The minimum absolute atomic E-state index is 0.0206. The van der Waals surface area contributed by atoms with Gasteiger partial charge in [0.15, 0.2) is 5.78 Å². The number of rotatable bonds is 1. The summed E-state index contributed by atoms with van der Waals surface area (Å²) in [5, 5.41) is 0. The minimum atomic E-state index is -0.0206. The Labute approximate surface area is 96.6 Å². The van der Waals surface area contributed by atoms with Gasteiger partial charge in [-0.3, -0.25) is 4.79 Å². The third-order valence-corrected chi connectivity index (χ3v) is 3.72. The number of carbonyl (C=O) groups excluding carboxylic acids is 1. The average molecular weight is 218 g/mol. The van der Waals surface area contributed by atoms with Crippen LogP contribution in [-0.2, 0) is 5.41 Å². The molecule has 0 aliphatic carbocycles. The number of carbonyl (C=O) groups is 1. The Morgan fingerprint density at radius 1 is 1.38 bits per heavy atom. The summed E-state index contributed by atoms with van der Waals surface area (Å²) in [6, 6.07) is 3.98. The van der Waals surface area contributed by atoms with E-state index in [4.69, 9.17) is 4.74 Å². The number of hydrogen-bond acceptors (Lipinski definition) is 2. The van der Waals surface area contributed by atoms with Crippen molar-refractivity contribution in [3.63, 3.8) is 0 Å². The zero-order chi connectivity index (χ0) is 12.1. The molecule has 2 rings (SSSR count). The lowest BCUT2D eigenvalue weighted by molar-refractivity contribution is 0.101. The number of aryl methyl sites for hydroxylation is 1. The van der Waals surface area contributed by atoms with Crippen LogP contribution >= 0.6 is 0 Å². The summed E-state index contributed by atoms with van der Waals surface area (Å²) in [7, 11) is 0. The van der Waals surface area contributed by atoms with Gasteiger partial charge in [0.2, 0.25) is 0 Å².